The van der Waals surface area contributed by atoms with Gasteiger partial charge >= 0.3 is 0 Å². The number of nitro groups is 1. The third kappa shape index (κ3) is 3.10. The predicted molar refractivity (Wildman–Crippen MR) is 116 cm³/mol. The zero-order valence-electron chi connectivity index (χ0n) is 16.7. The van der Waals surface area contributed by atoms with Crippen molar-refractivity contribution in [2.75, 3.05) is 18.0 Å². The first-order valence-electron chi connectivity index (χ1n) is 10.2. The molecular formula is C22H22N6O2. The van der Waals surface area contributed by atoms with E-state index in [1.54, 1.807) is 6.07 Å². The van der Waals surface area contributed by atoms with E-state index in [2.05, 4.69) is 9.88 Å². The topological polar surface area (TPSA) is 92.9 Å². The van der Waals surface area contributed by atoms with Crippen LogP contribution in [0.5, 0.6) is 0 Å². The molecular weight excluding hydrogens is 380 g/mol. The lowest BCUT2D eigenvalue weighted by atomic mass is 10.1. The van der Waals surface area contributed by atoms with Crippen molar-refractivity contribution in [2.24, 2.45) is 0 Å². The molecule has 5 rings (SSSR count). The molecule has 1 fully saturated rings. The molecule has 0 radical (unpaired) electrons. The number of para-hydroxylation sites is 1. The third-order valence-corrected chi connectivity index (χ3v) is 5.61. The van der Waals surface area contributed by atoms with E-state index in [1.807, 2.05) is 41.9 Å². The molecule has 0 aliphatic carbocycles. The molecule has 0 unspecified atom stereocenters. The Kier molecular flexibility index (Phi) is 4.46. The number of aryl methyl sites for hydroxylation is 1. The number of nitro benzene ring substituents is 1. The summed E-state index contributed by atoms with van der Waals surface area (Å²) >= 11 is 0. The fourth-order valence-electron chi connectivity index (χ4n) is 4.17. The van der Waals surface area contributed by atoms with Crippen LogP contribution in [0.4, 0.5) is 11.5 Å². The smallest absolute Gasteiger partial charge is 0.271 e. The van der Waals surface area contributed by atoms with Crippen molar-refractivity contribution in [1.29, 1.82) is 0 Å². The number of hydrogen-bond donors (Lipinski definition) is 1. The maximum atomic E-state index is 11.1. The number of anilines is 1. The normalized spacial score (nSPS) is 14.4. The zero-order chi connectivity index (χ0) is 20.7. The van der Waals surface area contributed by atoms with Crippen molar-refractivity contribution in [3.05, 3.63) is 64.3 Å². The lowest BCUT2D eigenvalue weighted by Gasteiger charge is -2.30. The van der Waals surface area contributed by atoms with Crippen LogP contribution in [-0.4, -0.2) is 37.8 Å². The molecule has 2 aromatic carbocycles. The van der Waals surface area contributed by atoms with Crippen molar-refractivity contribution in [3.8, 4) is 17.1 Å². The van der Waals surface area contributed by atoms with E-state index in [1.165, 1.54) is 18.6 Å². The van der Waals surface area contributed by atoms with Crippen LogP contribution < -0.4 is 4.90 Å². The molecule has 1 aliphatic heterocycles. The van der Waals surface area contributed by atoms with Crippen molar-refractivity contribution in [2.45, 2.75) is 26.2 Å². The maximum Gasteiger partial charge on any atom is 0.271 e. The summed E-state index contributed by atoms with van der Waals surface area (Å²) in [5, 5.41) is 16.0. The number of imidazole rings is 1. The molecule has 4 aromatic rings. The van der Waals surface area contributed by atoms with Gasteiger partial charge in [-0.3, -0.25) is 10.1 Å². The molecule has 0 spiro atoms. The number of rotatable bonds is 4. The van der Waals surface area contributed by atoms with Gasteiger partial charge in [0.05, 0.1) is 32.9 Å². The number of aromatic nitrogens is 4. The Balaban J connectivity index is 1.70. The maximum absolute atomic E-state index is 11.1. The Hall–Kier alpha value is -3.68. The first-order valence-corrected chi connectivity index (χ1v) is 10.2. The number of non-ortho nitro benzene ring substituents is 1. The van der Waals surface area contributed by atoms with E-state index in [0.717, 1.165) is 48.7 Å². The largest absolute Gasteiger partial charge is 0.356 e. The number of benzene rings is 2. The highest BCUT2D eigenvalue weighted by atomic mass is 16.6. The van der Waals surface area contributed by atoms with E-state index >= 15 is 0 Å². The minimum absolute atomic E-state index is 0.0469. The summed E-state index contributed by atoms with van der Waals surface area (Å²) in [6.45, 7) is 3.92. The van der Waals surface area contributed by atoms with Gasteiger partial charge in [-0.05, 0) is 44.4 Å². The van der Waals surface area contributed by atoms with Crippen molar-refractivity contribution >= 4 is 22.5 Å². The summed E-state index contributed by atoms with van der Waals surface area (Å²) in [4.78, 5) is 21.2. The van der Waals surface area contributed by atoms with Gasteiger partial charge in [0.1, 0.15) is 11.6 Å². The van der Waals surface area contributed by atoms with Crippen LogP contribution in [0.15, 0.2) is 48.5 Å². The van der Waals surface area contributed by atoms with Crippen LogP contribution in [0, 0.1) is 17.0 Å². The van der Waals surface area contributed by atoms with Crippen molar-refractivity contribution < 1.29 is 4.92 Å². The molecule has 1 aliphatic rings. The molecule has 30 heavy (non-hydrogen) atoms. The minimum Gasteiger partial charge on any atom is -0.356 e. The number of piperidine rings is 1. The summed E-state index contributed by atoms with van der Waals surface area (Å²) < 4.78 is 1.99. The van der Waals surface area contributed by atoms with Crippen LogP contribution in [0.25, 0.3) is 28.1 Å². The molecule has 3 heterocycles. The Morgan fingerprint density at radius 1 is 1.07 bits per heavy atom. The summed E-state index contributed by atoms with van der Waals surface area (Å²) in [5.41, 5.74) is 4.21. The van der Waals surface area contributed by atoms with Gasteiger partial charge in [0.2, 0.25) is 0 Å². The first kappa shape index (κ1) is 18.4. The fourth-order valence-corrected chi connectivity index (χ4v) is 4.17. The highest BCUT2D eigenvalue weighted by molar-refractivity contribution is 5.85. The first-order chi connectivity index (χ1) is 14.6. The number of aromatic amines is 1. The molecule has 0 atom stereocenters. The second-order valence-corrected chi connectivity index (χ2v) is 7.62. The Labute approximate surface area is 173 Å². The van der Waals surface area contributed by atoms with Crippen molar-refractivity contribution in [1.82, 2.24) is 19.7 Å². The molecule has 0 bridgehead atoms. The predicted octanol–water partition coefficient (Wildman–Crippen LogP) is 4.62. The van der Waals surface area contributed by atoms with Gasteiger partial charge < -0.3 is 9.88 Å². The lowest BCUT2D eigenvalue weighted by Crippen LogP contribution is -2.31. The highest BCUT2D eigenvalue weighted by Crippen LogP contribution is 2.37. The van der Waals surface area contributed by atoms with E-state index < -0.39 is 4.92 Å². The molecule has 8 heteroatoms. The average Bonchev–Trinajstić information content (AvgIpc) is 3.34. The molecule has 0 saturated carbocycles. The summed E-state index contributed by atoms with van der Waals surface area (Å²) in [6, 6.07) is 14.8. The van der Waals surface area contributed by atoms with Crippen LogP contribution in [-0.2, 0) is 0 Å². The van der Waals surface area contributed by atoms with Gasteiger partial charge in [-0.1, -0.05) is 18.2 Å². The third-order valence-electron chi connectivity index (χ3n) is 5.61. The monoisotopic (exact) mass is 402 g/mol. The van der Waals surface area contributed by atoms with E-state index in [9.17, 15) is 10.1 Å². The number of H-pyrrole nitrogens is 1. The second-order valence-electron chi connectivity index (χ2n) is 7.62. The van der Waals surface area contributed by atoms with Gasteiger partial charge in [-0.2, -0.15) is 5.10 Å². The zero-order valence-corrected chi connectivity index (χ0v) is 16.7. The van der Waals surface area contributed by atoms with Gasteiger partial charge in [-0.25, -0.2) is 9.67 Å². The van der Waals surface area contributed by atoms with Gasteiger partial charge in [0, 0.05) is 25.2 Å². The van der Waals surface area contributed by atoms with Crippen LogP contribution in [0.1, 0.15) is 25.0 Å². The second kappa shape index (κ2) is 7.29. The number of hydrogen-bond acceptors (Lipinski definition) is 5. The SMILES string of the molecule is Cc1nn(-c2ccccc2)c(N2CCCCC2)c1-c1nc2ccc([N+](=O)[O-])cc2[nH]1. The number of fused-ring (bicyclic) bond motifs is 1. The van der Waals surface area contributed by atoms with E-state index in [4.69, 9.17) is 10.1 Å². The van der Waals surface area contributed by atoms with Gasteiger partial charge in [0.25, 0.3) is 5.69 Å². The van der Waals surface area contributed by atoms with Crippen LogP contribution >= 0.6 is 0 Å². The van der Waals surface area contributed by atoms with Gasteiger partial charge in [-0.15, -0.1) is 0 Å². The summed E-state index contributed by atoms with van der Waals surface area (Å²) in [5.74, 6) is 1.71. The molecule has 0 amide bonds. The van der Waals surface area contributed by atoms with E-state index in [0.29, 0.717) is 16.9 Å². The molecule has 1 N–H and O–H groups in total. The van der Waals surface area contributed by atoms with E-state index in [-0.39, 0.29) is 5.69 Å². The fraction of sp³-hybridized carbons (Fsp3) is 0.273. The van der Waals surface area contributed by atoms with Crippen LogP contribution in [0.2, 0.25) is 0 Å². The Morgan fingerprint density at radius 2 is 1.83 bits per heavy atom. The lowest BCUT2D eigenvalue weighted by molar-refractivity contribution is -0.384. The Morgan fingerprint density at radius 3 is 2.57 bits per heavy atom. The number of nitrogens with zero attached hydrogens (tertiary/aromatic N) is 5. The van der Waals surface area contributed by atoms with Crippen molar-refractivity contribution in [3.63, 3.8) is 0 Å². The quantitative estimate of drug-likeness (QED) is 0.397. The molecule has 1 saturated heterocycles. The molecule has 8 nitrogen and oxygen atoms in total. The highest BCUT2D eigenvalue weighted by Gasteiger charge is 2.26. The average molecular weight is 402 g/mol. The summed E-state index contributed by atoms with van der Waals surface area (Å²) in [7, 11) is 0. The minimum atomic E-state index is -0.391. The standard InChI is InChI=1S/C22H22N6O2/c1-15-20(21-23-18-11-10-17(28(29)30)14-19(18)24-21)22(26-12-6-3-7-13-26)27(25-15)16-8-4-2-5-9-16/h2,4-5,8-11,14H,3,6-7,12-13H2,1H3,(H,23,24). The van der Waals surface area contributed by atoms with Crippen LogP contribution in [0.3, 0.4) is 0 Å². The summed E-state index contributed by atoms with van der Waals surface area (Å²) in [6.07, 6.45) is 3.52. The molecule has 152 valence electrons. The molecule has 2 aromatic heterocycles. The Bertz CT molecular complexity index is 1220. The number of nitrogens with one attached hydrogen (secondary N) is 1. The van der Waals surface area contributed by atoms with Gasteiger partial charge in [0.15, 0.2) is 0 Å².